The van der Waals surface area contributed by atoms with Crippen LogP contribution in [0.25, 0.3) is 0 Å². The van der Waals surface area contributed by atoms with Crippen LogP contribution in [0.5, 0.6) is 0 Å². The third-order valence-electron chi connectivity index (χ3n) is 6.94. The number of urea groups is 1. The summed E-state index contributed by atoms with van der Waals surface area (Å²) in [5.41, 5.74) is 3.58. The molecule has 2 aromatic rings. The van der Waals surface area contributed by atoms with Gasteiger partial charge in [0.1, 0.15) is 11.6 Å². The van der Waals surface area contributed by atoms with E-state index in [4.69, 9.17) is 10.5 Å². The molecule has 5 amide bonds. The van der Waals surface area contributed by atoms with E-state index in [2.05, 4.69) is 10.3 Å². The Morgan fingerprint density at radius 1 is 1.10 bits per heavy atom. The first kappa shape index (κ1) is 29.9. The number of hydrogen-bond donors (Lipinski definition) is 2. The minimum absolute atomic E-state index is 0.122. The van der Waals surface area contributed by atoms with Crippen LogP contribution in [0.3, 0.4) is 0 Å². The molecule has 14 heteroatoms. The number of nitrogens with zero attached hydrogens (tertiary/aromatic N) is 4. The van der Waals surface area contributed by atoms with Crippen molar-refractivity contribution >= 4 is 23.8 Å². The number of aromatic nitrogens is 1. The van der Waals surface area contributed by atoms with E-state index in [0.29, 0.717) is 0 Å². The summed E-state index contributed by atoms with van der Waals surface area (Å²) in [6.07, 6.45) is -4.20. The average molecular weight is 577 g/mol. The number of nitrogens with one attached hydrogen (secondary N) is 1. The van der Waals surface area contributed by atoms with E-state index in [1.807, 2.05) is 30.3 Å². The summed E-state index contributed by atoms with van der Waals surface area (Å²) in [5, 5.41) is 2.57. The van der Waals surface area contributed by atoms with Gasteiger partial charge in [-0.2, -0.15) is 4.90 Å². The zero-order chi connectivity index (χ0) is 30.0. The van der Waals surface area contributed by atoms with Crippen LogP contribution in [0.1, 0.15) is 25.1 Å². The topological polar surface area (TPSA) is 138 Å². The van der Waals surface area contributed by atoms with Crippen LogP contribution in [0.2, 0.25) is 0 Å². The lowest BCUT2D eigenvalue weighted by Gasteiger charge is -2.45. The Morgan fingerprint density at radius 2 is 1.78 bits per heavy atom. The molecule has 220 valence electrons. The molecule has 11 nitrogen and oxygen atoms in total. The maximum Gasteiger partial charge on any atom is 0.495 e. The minimum atomic E-state index is -5.26. The maximum atomic E-state index is 13.8. The van der Waals surface area contributed by atoms with Crippen LogP contribution in [0, 0.1) is 0 Å². The first-order valence-electron chi connectivity index (χ1n) is 12.9. The number of imide groups is 1. The summed E-state index contributed by atoms with van der Waals surface area (Å²) in [4.78, 5) is 58.1. The van der Waals surface area contributed by atoms with Gasteiger partial charge in [0.25, 0.3) is 5.91 Å². The molecular formula is C27H31F3N6O5. The Balaban J connectivity index is 1.62. The van der Waals surface area contributed by atoms with Crippen molar-refractivity contribution in [2.75, 3.05) is 26.2 Å². The summed E-state index contributed by atoms with van der Waals surface area (Å²) >= 11 is 0. The van der Waals surface area contributed by atoms with Gasteiger partial charge in [-0.25, -0.2) is 4.79 Å². The number of alkyl halides is 3. The van der Waals surface area contributed by atoms with Crippen molar-refractivity contribution in [2.45, 2.75) is 50.3 Å². The van der Waals surface area contributed by atoms with Gasteiger partial charge >= 0.3 is 12.3 Å². The van der Waals surface area contributed by atoms with Crippen LogP contribution in [0.4, 0.5) is 18.0 Å². The molecule has 41 heavy (non-hydrogen) atoms. The molecule has 3 heterocycles. The zero-order valence-corrected chi connectivity index (χ0v) is 22.6. The number of carbonyl (C=O) groups excluding carboxylic acids is 4. The second kappa shape index (κ2) is 11.4. The minimum Gasteiger partial charge on any atom is -0.374 e. The number of nitrogens with two attached hydrogens (primary N) is 1. The van der Waals surface area contributed by atoms with Crippen molar-refractivity contribution in [3.63, 3.8) is 0 Å². The van der Waals surface area contributed by atoms with Crippen LogP contribution < -0.4 is 11.1 Å². The van der Waals surface area contributed by atoms with E-state index in [1.54, 1.807) is 12.1 Å². The Labute approximate surface area is 234 Å². The Bertz CT molecular complexity index is 1290. The molecule has 0 radical (unpaired) electrons. The number of fused-ring (bicyclic) bond motifs is 1. The highest BCUT2D eigenvalue weighted by Crippen LogP contribution is 2.40. The van der Waals surface area contributed by atoms with Crippen LogP contribution in [0.15, 0.2) is 54.7 Å². The van der Waals surface area contributed by atoms with E-state index in [1.165, 1.54) is 31.0 Å². The highest BCUT2D eigenvalue weighted by atomic mass is 19.4. The normalized spacial score (nSPS) is 20.2. The number of carbonyl (C=O) groups is 4. The molecule has 3 N–H and O–H groups in total. The molecule has 1 aromatic heterocycles. The van der Waals surface area contributed by atoms with Gasteiger partial charge in [-0.1, -0.05) is 36.4 Å². The summed E-state index contributed by atoms with van der Waals surface area (Å²) in [6.45, 7) is 1.68. The van der Waals surface area contributed by atoms with Gasteiger partial charge in [-0.05, 0) is 31.5 Å². The van der Waals surface area contributed by atoms with Gasteiger partial charge in [0.2, 0.25) is 11.8 Å². The van der Waals surface area contributed by atoms with Crippen LogP contribution in [-0.4, -0.2) is 93.1 Å². The SMILES string of the molecule is CC(C)(N)C(=O)N[C@H](COCc1ccccc1)C(=O)N1CCN2C(=O)N(C(F)(F)F)C(=O)[C@]2(Cc2ccccn2)C1. The third-order valence-corrected chi connectivity index (χ3v) is 6.94. The Morgan fingerprint density at radius 3 is 2.39 bits per heavy atom. The van der Waals surface area contributed by atoms with E-state index in [0.717, 1.165) is 10.5 Å². The molecule has 0 unspecified atom stereocenters. The van der Waals surface area contributed by atoms with Gasteiger partial charge in [-0.15, -0.1) is 13.2 Å². The average Bonchev–Trinajstić information content (AvgIpc) is 3.13. The predicted molar refractivity (Wildman–Crippen MR) is 139 cm³/mol. The van der Waals surface area contributed by atoms with Gasteiger partial charge < -0.3 is 25.6 Å². The Kier molecular flexibility index (Phi) is 8.36. The third kappa shape index (κ3) is 6.33. The Hall–Kier alpha value is -4.04. The lowest BCUT2D eigenvalue weighted by molar-refractivity contribution is -0.220. The number of amides is 5. The van der Waals surface area contributed by atoms with Crippen molar-refractivity contribution < 1.29 is 37.1 Å². The first-order valence-corrected chi connectivity index (χ1v) is 12.9. The van der Waals surface area contributed by atoms with E-state index in [-0.39, 0.29) is 38.4 Å². The summed E-state index contributed by atoms with van der Waals surface area (Å²) in [5.74, 6) is -2.85. The number of pyridine rings is 1. The molecule has 0 bridgehead atoms. The smallest absolute Gasteiger partial charge is 0.374 e. The summed E-state index contributed by atoms with van der Waals surface area (Å²) in [6, 6.07) is 11.0. The molecular weight excluding hydrogens is 545 g/mol. The van der Waals surface area contributed by atoms with Gasteiger partial charge in [-0.3, -0.25) is 19.4 Å². The monoisotopic (exact) mass is 576 g/mol. The van der Waals surface area contributed by atoms with Crippen LogP contribution in [-0.2, 0) is 32.1 Å². The highest BCUT2D eigenvalue weighted by molar-refractivity contribution is 6.08. The van der Waals surface area contributed by atoms with Crippen molar-refractivity contribution in [2.24, 2.45) is 5.73 Å². The molecule has 0 saturated carbocycles. The molecule has 2 aliphatic rings. The van der Waals surface area contributed by atoms with E-state index >= 15 is 0 Å². The number of benzene rings is 1. The fourth-order valence-corrected chi connectivity index (χ4v) is 4.84. The van der Waals surface area contributed by atoms with Gasteiger partial charge in [0.15, 0.2) is 0 Å². The predicted octanol–water partition coefficient (Wildman–Crippen LogP) is 1.43. The molecule has 4 rings (SSSR count). The maximum absolute atomic E-state index is 13.8. The zero-order valence-electron chi connectivity index (χ0n) is 22.6. The fourth-order valence-electron chi connectivity index (χ4n) is 4.84. The number of halogens is 3. The summed E-state index contributed by atoms with van der Waals surface area (Å²) in [7, 11) is 0. The van der Waals surface area contributed by atoms with Crippen molar-refractivity contribution in [3.8, 4) is 0 Å². The standard InChI is InChI=1S/C27H31F3N6O5/c1-25(2,31)22(38)33-20(16-41-15-18-8-4-3-5-9-18)21(37)34-12-13-35-24(40)36(27(28,29)30)23(39)26(35,17-34)14-19-10-6-7-11-32-19/h3-11,20H,12-17,31H2,1-2H3,(H,33,38)/t20-,26+/m1/s1. The van der Waals surface area contributed by atoms with Gasteiger partial charge in [0, 0.05) is 31.4 Å². The van der Waals surface area contributed by atoms with Crippen LogP contribution >= 0.6 is 0 Å². The molecule has 2 saturated heterocycles. The van der Waals surface area contributed by atoms with Crippen molar-refractivity contribution in [1.82, 2.24) is 25.0 Å². The lowest BCUT2D eigenvalue weighted by Crippen LogP contribution is -2.67. The number of hydrogen-bond acceptors (Lipinski definition) is 7. The van der Waals surface area contributed by atoms with E-state index < -0.39 is 58.6 Å². The number of rotatable bonds is 9. The molecule has 0 aliphatic carbocycles. The summed E-state index contributed by atoms with van der Waals surface area (Å²) < 4.78 is 47.2. The van der Waals surface area contributed by atoms with Crippen molar-refractivity contribution in [3.05, 3.63) is 66.0 Å². The quantitative estimate of drug-likeness (QED) is 0.340. The second-order valence-electron chi connectivity index (χ2n) is 10.6. The van der Waals surface area contributed by atoms with Gasteiger partial charge in [0.05, 0.1) is 25.3 Å². The molecule has 2 aliphatic heterocycles. The largest absolute Gasteiger partial charge is 0.495 e. The van der Waals surface area contributed by atoms with E-state index in [9.17, 15) is 32.3 Å². The van der Waals surface area contributed by atoms with Crippen molar-refractivity contribution in [1.29, 1.82) is 0 Å². The fraction of sp³-hybridized carbons (Fsp3) is 0.444. The molecule has 0 spiro atoms. The molecule has 2 fully saturated rings. The lowest BCUT2D eigenvalue weighted by atomic mass is 9.88. The first-order chi connectivity index (χ1) is 19.2. The highest BCUT2D eigenvalue weighted by Gasteiger charge is 2.66. The number of piperazine rings is 1. The second-order valence-corrected chi connectivity index (χ2v) is 10.6. The number of ether oxygens (including phenoxy) is 1. The molecule has 1 aromatic carbocycles. The molecule has 2 atom stereocenters.